The van der Waals surface area contributed by atoms with Gasteiger partial charge in [-0.1, -0.05) is 24.9 Å². The number of rotatable bonds is 8. The number of hydrogen-bond donors (Lipinski definition) is 0. The Morgan fingerprint density at radius 2 is 2.00 bits per heavy atom. The molecule has 1 aliphatic rings. The maximum absolute atomic E-state index is 12.6. The number of aryl methyl sites for hydroxylation is 1. The monoisotopic (exact) mass is 467 g/mol. The van der Waals surface area contributed by atoms with Crippen LogP contribution in [0, 0.1) is 5.92 Å². The van der Waals surface area contributed by atoms with Gasteiger partial charge in [0.2, 0.25) is 0 Å². The summed E-state index contributed by atoms with van der Waals surface area (Å²) in [5.41, 5.74) is 2.76. The van der Waals surface area contributed by atoms with Crippen molar-refractivity contribution in [1.29, 1.82) is 0 Å². The highest BCUT2D eigenvalue weighted by Crippen LogP contribution is 2.42. The zero-order valence-electron chi connectivity index (χ0n) is 18.0. The highest BCUT2D eigenvalue weighted by molar-refractivity contribution is 6.33. The third-order valence-corrected chi connectivity index (χ3v) is 6.39. The van der Waals surface area contributed by atoms with Crippen molar-refractivity contribution in [3.63, 3.8) is 0 Å². The van der Waals surface area contributed by atoms with E-state index in [1.165, 1.54) is 37.5 Å². The summed E-state index contributed by atoms with van der Waals surface area (Å²) in [6, 6.07) is 5.98. The summed E-state index contributed by atoms with van der Waals surface area (Å²) in [6.45, 7) is 2.71. The molecule has 2 aromatic heterocycles. The van der Waals surface area contributed by atoms with Crippen molar-refractivity contribution in [1.82, 2.24) is 14.5 Å². The molecule has 0 amide bonds. The normalized spacial score (nSPS) is 15.7. The Morgan fingerprint density at radius 1 is 1.22 bits per heavy atom. The maximum Gasteiger partial charge on any atom is 0.573 e. The fraction of sp³-hybridized carbons (Fsp3) is 0.478. The number of fused-ring (bicyclic) bond motifs is 1. The van der Waals surface area contributed by atoms with Crippen LogP contribution >= 0.6 is 11.6 Å². The second-order valence-corrected chi connectivity index (χ2v) is 8.42. The lowest BCUT2D eigenvalue weighted by Gasteiger charge is -2.35. The van der Waals surface area contributed by atoms with Crippen molar-refractivity contribution in [3.8, 4) is 16.9 Å². The van der Waals surface area contributed by atoms with Crippen LogP contribution in [-0.4, -0.2) is 34.6 Å². The molecule has 5 nitrogen and oxygen atoms in total. The first-order valence-electron chi connectivity index (χ1n) is 10.7. The van der Waals surface area contributed by atoms with Crippen molar-refractivity contribution in [2.75, 3.05) is 13.7 Å². The molecule has 1 fully saturated rings. The molecule has 1 aliphatic carbocycles. The molecule has 172 valence electrons. The van der Waals surface area contributed by atoms with E-state index in [-0.39, 0.29) is 16.8 Å². The fourth-order valence-corrected chi connectivity index (χ4v) is 4.67. The minimum absolute atomic E-state index is 0.154. The molecule has 0 N–H and O–H groups in total. The molecule has 2 heterocycles. The first-order chi connectivity index (χ1) is 15.3. The lowest BCUT2D eigenvalue weighted by atomic mass is 9.78. The summed E-state index contributed by atoms with van der Waals surface area (Å²) in [6.07, 6.45) is 2.09. The minimum atomic E-state index is -4.78. The van der Waals surface area contributed by atoms with Crippen LogP contribution in [0.25, 0.3) is 22.3 Å². The lowest BCUT2D eigenvalue weighted by molar-refractivity contribution is -0.274. The number of nitrogens with zero attached hydrogens (tertiary/aromatic N) is 3. The molecular weight excluding hydrogens is 443 g/mol. The van der Waals surface area contributed by atoms with Crippen molar-refractivity contribution >= 4 is 22.8 Å². The SMILES string of the molecule is CCc1nc2c(-c3ccc(OC(F)(F)F)cc3Cl)ccnc2n1C(CCOC)C1CCC1. The molecule has 0 radical (unpaired) electrons. The van der Waals surface area contributed by atoms with Gasteiger partial charge in [-0.25, -0.2) is 9.97 Å². The molecule has 1 atom stereocenters. The van der Waals surface area contributed by atoms with Crippen LogP contribution < -0.4 is 4.74 Å². The van der Waals surface area contributed by atoms with E-state index in [4.69, 9.17) is 21.3 Å². The Bertz CT molecular complexity index is 1100. The smallest absolute Gasteiger partial charge is 0.406 e. The third kappa shape index (κ3) is 4.57. The van der Waals surface area contributed by atoms with Gasteiger partial charge in [0.1, 0.15) is 17.1 Å². The van der Waals surface area contributed by atoms with Crippen LogP contribution in [0.15, 0.2) is 30.5 Å². The highest BCUT2D eigenvalue weighted by Gasteiger charge is 2.33. The fourth-order valence-electron chi connectivity index (χ4n) is 4.40. The standard InChI is InChI=1S/C23H25ClF3N3O2/c1-3-20-29-21-17(16-8-7-15(13-18(16)24)32-23(25,26)27)9-11-28-22(21)30(20)19(10-12-31-2)14-5-4-6-14/h7-9,11,13-14,19H,3-6,10,12H2,1-2H3. The molecular formula is C23H25ClF3N3O2. The summed E-state index contributed by atoms with van der Waals surface area (Å²) < 4.78 is 49.3. The third-order valence-electron chi connectivity index (χ3n) is 6.08. The van der Waals surface area contributed by atoms with Crippen LogP contribution in [0.1, 0.15) is 44.5 Å². The van der Waals surface area contributed by atoms with E-state index in [0.29, 0.717) is 23.6 Å². The van der Waals surface area contributed by atoms with E-state index >= 15 is 0 Å². The van der Waals surface area contributed by atoms with Crippen molar-refractivity contribution < 1.29 is 22.6 Å². The van der Waals surface area contributed by atoms with Gasteiger partial charge in [-0.2, -0.15) is 0 Å². The van der Waals surface area contributed by atoms with Crippen LogP contribution in [0.3, 0.4) is 0 Å². The number of halogens is 4. The van der Waals surface area contributed by atoms with Crippen LogP contribution in [0.2, 0.25) is 5.02 Å². The molecule has 3 aromatic rings. The van der Waals surface area contributed by atoms with Gasteiger partial charge >= 0.3 is 6.36 Å². The first-order valence-corrected chi connectivity index (χ1v) is 11.1. The van der Waals surface area contributed by atoms with Crippen LogP contribution in [-0.2, 0) is 11.2 Å². The number of benzene rings is 1. The predicted molar refractivity (Wildman–Crippen MR) is 117 cm³/mol. The average molecular weight is 468 g/mol. The van der Waals surface area contributed by atoms with E-state index in [0.717, 1.165) is 29.9 Å². The number of pyridine rings is 1. The zero-order valence-corrected chi connectivity index (χ0v) is 18.7. The summed E-state index contributed by atoms with van der Waals surface area (Å²) in [4.78, 5) is 9.53. The molecule has 0 aliphatic heterocycles. The van der Waals surface area contributed by atoms with E-state index in [1.807, 2.05) is 0 Å². The van der Waals surface area contributed by atoms with Gasteiger partial charge in [0.25, 0.3) is 0 Å². The van der Waals surface area contributed by atoms with E-state index in [1.54, 1.807) is 19.4 Å². The molecule has 9 heteroatoms. The Kier molecular flexibility index (Phi) is 6.62. The van der Waals surface area contributed by atoms with Gasteiger partial charge < -0.3 is 14.0 Å². The Hall–Kier alpha value is -2.32. The molecule has 0 spiro atoms. The zero-order chi connectivity index (χ0) is 22.9. The summed E-state index contributed by atoms with van der Waals surface area (Å²) in [5.74, 6) is 1.13. The topological polar surface area (TPSA) is 49.2 Å². The maximum atomic E-state index is 12.6. The quantitative estimate of drug-likeness (QED) is 0.375. The van der Waals surface area contributed by atoms with Crippen molar-refractivity contribution in [2.24, 2.45) is 5.92 Å². The molecule has 1 saturated carbocycles. The van der Waals surface area contributed by atoms with Gasteiger partial charge in [-0.3, -0.25) is 0 Å². The number of imidazole rings is 1. The molecule has 32 heavy (non-hydrogen) atoms. The number of alkyl halides is 3. The molecule has 0 bridgehead atoms. The van der Waals surface area contributed by atoms with Gasteiger partial charge in [0.05, 0.1) is 5.02 Å². The summed E-state index contributed by atoms with van der Waals surface area (Å²) in [7, 11) is 1.70. The van der Waals surface area contributed by atoms with Crippen LogP contribution in [0.4, 0.5) is 13.2 Å². The highest BCUT2D eigenvalue weighted by atomic mass is 35.5. The van der Waals surface area contributed by atoms with Crippen molar-refractivity contribution in [3.05, 3.63) is 41.3 Å². The van der Waals surface area contributed by atoms with Gasteiger partial charge in [0.15, 0.2) is 5.65 Å². The number of methoxy groups -OCH3 is 1. The van der Waals surface area contributed by atoms with E-state index in [2.05, 4.69) is 21.2 Å². The van der Waals surface area contributed by atoms with E-state index in [9.17, 15) is 13.2 Å². The summed E-state index contributed by atoms with van der Waals surface area (Å²) >= 11 is 6.37. The Morgan fingerprint density at radius 3 is 2.59 bits per heavy atom. The minimum Gasteiger partial charge on any atom is -0.406 e. The molecule has 0 saturated heterocycles. The predicted octanol–water partition coefficient (Wildman–Crippen LogP) is 6.59. The van der Waals surface area contributed by atoms with Gasteiger partial charge in [0, 0.05) is 43.5 Å². The second kappa shape index (κ2) is 9.27. The molecule has 1 aromatic carbocycles. The number of ether oxygens (including phenoxy) is 2. The number of hydrogen-bond acceptors (Lipinski definition) is 4. The first kappa shape index (κ1) is 22.9. The summed E-state index contributed by atoms with van der Waals surface area (Å²) in [5, 5.41) is 0.154. The van der Waals surface area contributed by atoms with E-state index < -0.39 is 6.36 Å². The Labute approximate surface area is 189 Å². The molecule has 4 rings (SSSR count). The van der Waals surface area contributed by atoms with Gasteiger partial charge in [-0.15, -0.1) is 13.2 Å². The molecule has 1 unspecified atom stereocenters. The Balaban J connectivity index is 1.80. The van der Waals surface area contributed by atoms with Gasteiger partial charge in [-0.05, 0) is 49.4 Å². The largest absolute Gasteiger partial charge is 0.573 e. The number of aromatic nitrogens is 3. The lowest BCUT2D eigenvalue weighted by Crippen LogP contribution is -2.27. The average Bonchev–Trinajstić information content (AvgIpc) is 3.07. The van der Waals surface area contributed by atoms with Crippen LogP contribution in [0.5, 0.6) is 5.75 Å². The van der Waals surface area contributed by atoms with Crippen molar-refractivity contribution in [2.45, 2.75) is 51.4 Å². The second-order valence-electron chi connectivity index (χ2n) is 8.01.